The van der Waals surface area contributed by atoms with Crippen LogP contribution >= 0.6 is 0 Å². The maximum atomic E-state index is 13.4. The minimum Gasteiger partial charge on any atom is -0.378 e. The van der Waals surface area contributed by atoms with Gasteiger partial charge in [0.15, 0.2) is 0 Å². The first-order valence-electron chi connectivity index (χ1n) is 11.4. The minimum absolute atomic E-state index is 0.170. The molecule has 0 aliphatic heterocycles. The number of nitrogens with zero attached hydrogens (tertiary/aromatic N) is 5. The minimum atomic E-state index is 0.170. The SMILES string of the molecule is CCCN(C(=O)Cc1ccc(-n2cnnn2)cc1)[C@@H]1C[C@H](OCC)C12CCCCC2. The Morgan fingerprint density at radius 2 is 1.97 bits per heavy atom. The van der Waals surface area contributed by atoms with Gasteiger partial charge in [-0.05, 0) is 60.7 Å². The van der Waals surface area contributed by atoms with E-state index in [1.807, 2.05) is 24.3 Å². The molecule has 2 fully saturated rings. The molecule has 1 amide bonds. The zero-order valence-corrected chi connectivity index (χ0v) is 18.2. The van der Waals surface area contributed by atoms with Crippen LogP contribution in [0, 0.1) is 5.41 Å². The molecule has 2 atom stereocenters. The van der Waals surface area contributed by atoms with Crippen LogP contribution in [0.4, 0.5) is 0 Å². The van der Waals surface area contributed by atoms with Crippen LogP contribution < -0.4 is 0 Å². The molecular formula is C23H33N5O2. The van der Waals surface area contributed by atoms with E-state index in [1.165, 1.54) is 32.1 Å². The molecule has 0 bridgehead atoms. The van der Waals surface area contributed by atoms with E-state index in [2.05, 4.69) is 34.3 Å². The van der Waals surface area contributed by atoms with Gasteiger partial charge in [-0.1, -0.05) is 38.3 Å². The van der Waals surface area contributed by atoms with Gasteiger partial charge in [-0.2, -0.15) is 0 Å². The summed E-state index contributed by atoms with van der Waals surface area (Å²) in [6.07, 6.45) is 10.5. The van der Waals surface area contributed by atoms with Crippen LogP contribution in [0.3, 0.4) is 0 Å². The van der Waals surface area contributed by atoms with Crippen LogP contribution in [0.5, 0.6) is 0 Å². The lowest BCUT2D eigenvalue weighted by Gasteiger charge is -2.60. The molecular weight excluding hydrogens is 378 g/mol. The highest BCUT2D eigenvalue weighted by atomic mass is 16.5. The number of amides is 1. The third kappa shape index (κ3) is 4.00. The van der Waals surface area contributed by atoms with Gasteiger partial charge < -0.3 is 9.64 Å². The normalized spacial score (nSPS) is 22.6. The molecule has 30 heavy (non-hydrogen) atoms. The van der Waals surface area contributed by atoms with Gasteiger partial charge in [-0.25, -0.2) is 4.68 Å². The van der Waals surface area contributed by atoms with Gasteiger partial charge in [0.2, 0.25) is 5.91 Å². The van der Waals surface area contributed by atoms with Crippen molar-refractivity contribution in [1.82, 2.24) is 25.1 Å². The Hall–Kier alpha value is -2.28. The quantitative estimate of drug-likeness (QED) is 0.664. The average Bonchev–Trinajstić information content (AvgIpc) is 3.31. The second kappa shape index (κ2) is 9.25. The van der Waals surface area contributed by atoms with E-state index in [1.54, 1.807) is 11.0 Å². The highest BCUT2D eigenvalue weighted by molar-refractivity contribution is 5.79. The number of benzene rings is 1. The smallest absolute Gasteiger partial charge is 0.227 e. The average molecular weight is 412 g/mol. The van der Waals surface area contributed by atoms with Crippen molar-refractivity contribution in [2.45, 2.75) is 77.4 Å². The van der Waals surface area contributed by atoms with Gasteiger partial charge in [-0.15, -0.1) is 5.10 Å². The van der Waals surface area contributed by atoms with Crippen LogP contribution in [-0.4, -0.2) is 56.3 Å². The fourth-order valence-corrected chi connectivity index (χ4v) is 5.48. The predicted octanol–water partition coefficient (Wildman–Crippen LogP) is 3.57. The summed E-state index contributed by atoms with van der Waals surface area (Å²) in [6.45, 7) is 5.83. The molecule has 0 saturated heterocycles. The zero-order chi connectivity index (χ0) is 21.0. The summed E-state index contributed by atoms with van der Waals surface area (Å²) in [7, 11) is 0. The molecule has 2 aliphatic rings. The molecule has 2 saturated carbocycles. The van der Waals surface area contributed by atoms with E-state index in [-0.39, 0.29) is 11.3 Å². The molecule has 2 aliphatic carbocycles. The van der Waals surface area contributed by atoms with Crippen molar-refractivity contribution in [3.8, 4) is 5.69 Å². The van der Waals surface area contributed by atoms with Crippen LogP contribution in [0.15, 0.2) is 30.6 Å². The monoisotopic (exact) mass is 411 g/mol. The highest BCUT2D eigenvalue weighted by Crippen LogP contribution is 2.55. The molecule has 7 nitrogen and oxygen atoms in total. The van der Waals surface area contributed by atoms with Gasteiger partial charge in [0.25, 0.3) is 0 Å². The lowest BCUT2D eigenvalue weighted by molar-refractivity contribution is -0.188. The lowest BCUT2D eigenvalue weighted by Crippen LogP contribution is -2.66. The molecule has 162 valence electrons. The van der Waals surface area contributed by atoms with Crippen LogP contribution in [0.2, 0.25) is 0 Å². The number of ether oxygens (including phenoxy) is 1. The maximum Gasteiger partial charge on any atom is 0.227 e. The number of hydrogen-bond donors (Lipinski definition) is 0. The first-order valence-corrected chi connectivity index (χ1v) is 11.4. The number of tetrazole rings is 1. The summed E-state index contributed by atoms with van der Waals surface area (Å²) in [4.78, 5) is 15.6. The van der Waals surface area contributed by atoms with Gasteiger partial charge >= 0.3 is 0 Å². The van der Waals surface area contributed by atoms with E-state index in [0.29, 0.717) is 18.6 Å². The van der Waals surface area contributed by atoms with Crippen molar-refractivity contribution in [3.05, 3.63) is 36.2 Å². The number of hydrogen-bond acceptors (Lipinski definition) is 5. The topological polar surface area (TPSA) is 73.1 Å². The molecule has 1 aromatic carbocycles. The van der Waals surface area contributed by atoms with E-state index in [4.69, 9.17) is 4.74 Å². The largest absolute Gasteiger partial charge is 0.378 e. The highest BCUT2D eigenvalue weighted by Gasteiger charge is 2.58. The third-order valence-corrected chi connectivity index (χ3v) is 6.96. The second-order valence-electron chi connectivity index (χ2n) is 8.67. The Balaban J connectivity index is 1.47. The van der Waals surface area contributed by atoms with Crippen molar-refractivity contribution in [2.24, 2.45) is 5.41 Å². The number of carbonyl (C=O) groups excluding carboxylic acids is 1. The van der Waals surface area contributed by atoms with E-state index < -0.39 is 0 Å². The molecule has 4 rings (SSSR count). The predicted molar refractivity (Wildman–Crippen MR) is 114 cm³/mol. The standard InChI is InChI=1S/C23H33N5O2/c1-3-14-27(20-16-21(30-4-2)23(20)12-6-5-7-13-23)22(29)15-18-8-10-19(11-9-18)28-17-24-25-26-28/h8-11,17,20-21H,3-7,12-16H2,1-2H3/t20-,21+/m1/s1. The van der Waals surface area contributed by atoms with E-state index in [9.17, 15) is 4.79 Å². The summed E-state index contributed by atoms with van der Waals surface area (Å²) < 4.78 is 7.73. The fraction of sp³-hybridized carbons (Fsp3) is 0.652. The molecule has 1 heterocycles. The third-order valence-electron chi connectivity index (χ3n) is 6.96. The maximum absolute atomic E-state index is 13.4. The molecule has 1 aromatic heterocycles. The van der Waals surface area contributed by atoms with Crippen molar-refractivity contribution < 1.29 is 9.53 Å². The Bertz CT molecular complexity index is 815. The first-order chi connectivity index (χ1) is 14.7. The Morgan fingerprint density at radius 1 is 1.20 bits per heavy atom. The van der Waals surface area contributed by atoms with E-state index in [0.717, 1.165) is 37.2 Å². The Morgan fingerprint density at radius 3 is 2.60 bits per heavy atom. The first kappa shape index (κ1) is 21.0. The summed E-state index contributed by atoms with van der Waals surface area (Å²) in [5.74, 6) is 0.233. The molecule has 0 radical (unpaired) electrons. The fourth-order valence-electron chi connectivity index (χ4n) is 5.48. The number of aromatic nitrogens is 4. The van der Waals surface area contributed by atoms with Crippen LogP contribution in [-0.2, 0) is 16.0 Å². The number of rotatable bonds is 8. The summed E-state index contributed by atoms with van der Waals surface area (Å²) in [6, 6.07) is 8.24. The molecule has 0 N–H and O–H groups in total. The molecule has 0 unspecified atom stereocenters. The second-order valence-corrected chi connectivity index (χ2v) is 8.67. The van der Waals surface area contributed by atoms with Crippen LogP contribution in [0.25, 0.3) is 5.69 Å². The Labute approximate surface area is 178 Å². The summed E-state index contributed by atoms with van der Waals surface area (Å²) in [5, 5.41) is 11.3. The van der Waals surface area contributed by atoms with Crippen molar-refractivity contribution >= 4 is 5.91 Å². The molecule has 1 spiro atoms. The van der Waals surface area contributed by atoms with E-state index >= 15 is 0 Å². The number of carbonyl (C=O) groups is 1. The van der Waals surface area contributed by atoms with Crippen molar-refractivity contribution in [3.63, 3.8) is 0 Å². The van der Waals surface area contributed by atoms with Crippen molar-refractivity contribution in [2.75, 3.05) is 13.2 Å². The zero-order valence-electron chi connectivity index (χ0n) is 18.2. The summed E-state index contributed by atoms with van der Waals surface area (Å²) >= 11 is 0. The van der Waals surface area contributed by atoms with Gasteiger partial charge in [0.1, 0.15) is 6.33 Å². The summed E-state index contributed by atoms with van der Waals surface area (Å²) in [5.41, 5.74) is 2.08. The van der Waals surface area contributed by atoms with Crippen LogP contribution in [0.1, 0.15) is 64.4 Å². The molecule has 7 heteroatoms. The van der Waals surface area contributed by atoms with Gasteiger partial charge in [0.05, 0.1) is 18.2 Å². The Kier molecular flexibility index (Phi) is 6.46. The van der Waals surface area contributed by atoms with Gasteiger partial charge in [-0.3, -0.25) is 4.79 Å². The molecule has 2 aromatic rings. The lowest BCUT2D eigenvalue weighted by atomic mass is 9.54. The van der Waals surface area contributed by atoms with Gasteiger partial charge in [0, 0.05) is 24.6 Å². The van der Waals surface area contributed by atoms with Crippen molar-refractivity contribution in [1.29, 1.82) is 0 Å².